The normalized spacial score (nSPS) is 11.0. The number of hydrogen-bond donors (Lipinski definition) is 2. The number of carbonyl (C=O) groups is 1. The molecule has 0 saturated heterocycles. The minimum absolute atomic E-state index is 0.238. The van der Waals surface area contributed by atoms with E-state index in [0.717, 1.165) is 22.5 Å². The first-order chi connectivity index (χ1) is 16.9. The fourth-order valence-corrected chi connectivity index (χ4v) is 4.21. The Morgan fingerprint density at radius 1 is 1.09 bits per heavy atom. The van der Waals surface area contributed by atoms with Crippen LogP contribution in [-0.4, -0.2) is 30.2 Å². The molecule has 0 aliphatic carbocycles. The number of amides is 1. The van der Waals surface area contributed by atoms with Gasteiger partial charge in [-0.05, 0) is 73.6 Å². The summed E-state index contributed by atoms with van der Waals surface area (Å²) in [4.78, 5) is 33.6. The van der Waals surface area contributed by atoms with Crippen molar-refractivity contribution >= 4 is 34.8 Å². The standard InChI is InChI=1S/C26H22N6O2S/c1-16-6-5-8-22(17(16)2)32-25(34)20-10-9-18(14-21(20)28-26(32)35)24(33)29-23-11-13-31(30-23)15-19-7-3-4-12-27-19/h3-14H,15H2,1-2H3,(H,28,35)(H,29,30,33). The van der Waals surface area contributed by atoms with Crippen LogP contribution >= 0.6 is 12.2 Å². The smallest absolute Gasteiger partial charge is 0.266 e. The second kappa shape index (κ2) is 9.11. The van der Waals surface area contributed by atoms with E-state index in [0.29, 0.717) is 28.8 Å². The summed E-state index contributed by atoms with van der Waals surface area (Å²) < 4.78 is 3.46. The van der Waals surface area contributed by atoms with Crippen molar-refractivity contribution in [2.24, 2.45) is 0 Å². The van der Waals surface area contributed by atoms with E-state index in [1.807, 2.05) is 50.2 Å². The lowest BCUT2D eigenvalue weighted by molar-refractivity contribution is 0.102. The van der Waals surface area contributed by atoms with E-state index in [9.17, 15) is 9.59 Å². The number of nitrogens with zero attached hydrogens (tertiary/aromatic N) is 4. The van der Waals surface area contributed by atoms with Gasteiger partial charge in [0.15, 0.2) is 10.6 Å². The number of carbonyl (C=O) groups excluding carboxylic acids is 1. The summed E-state index contributed by atoms with van der Waals surface area (Å²) in [6.07, 6.45) is 3.50. The van der Waals surface area contributed by atoms with Crippen molar-refractivity contribution in [3.63, 3.8) is 0 Å². The largest absolute Gasteiger partial charge is 0.331 e. The molecule has 0 spiro atoms. The minimum Gasteiger partial charge on any atom is -0.331 e. The Morgan fingerprint density at radius 2 is 1.94 bits per heavy atom. The minimum atomic E-state index is -0.340. The van der Waals surface area contributed by atoms with Crippen molar-refractivity contribution in [3.05, 3.63) is 111 Å². The Kier molecular flexibility index (Phi) is 5.84. The molecule has 2 aromatic carbocycles. The first kappa shape index (κ1) is 22.4. The van der Waals surface area contributed by atoms with E-state index in [1.165, 1.54) is 4.57 Å². The average Bonchev–Trinajstić information content (AvgIpc) is 3.28. The molecule has 3 heterocycles. The first-order valence-electron chi connectivity index (χ1n) is 11.0. The molecule has 3 aromatic heterocycles. The van der Waals surface area contributed by atoms with Crippen LogP contribution in [0, 0.1) is 18.6 Å². The lowest BCUT2D eigenvalue weighted by Gasteiger charge is -2.13. The van der Waals surface area contributed by atoms with E-state index in [4.69, 9.17) is 12.2 Å². The van der Waals surface area contributed by atoms with Crippen molar-refractivity contribution in [3.8, 4) is 5.69 Å². The van der Waals surface area contributed by atoms with Gasteiger partial charge in [0.1, 0.15) is 0 Å². The van der Waals surface area contributed by atoms with Crippen LogP contribution in [0.5, 0.6) is 0 Å². The number of aryl methyl sites for hydroxylation is 1. The maximum absolute atomic E-state index is 13.3. The number of nitrogens with one attached hydrogen (secondary N) is 2. The zero-order valence-corrected chi connectivity index (χ0v) is 20.0. The number of anilines is 1. The summed E-state index contributed by atoms with van der Waals surface area (Å²) in [7, 11) is 0. The highest BCUT2D eigenvalue weighted by atomic mass is 32.1. The monoisotopic (exact) mass is 482 g/mol. The number of rotatable bonds is 5. The van der Waals surface area contributed by atoms with Crippen molar-refractivity contribution in [1.82, 2.24) is 24.3 Å². The highest BCUT2D eigenvalue weighted by molar-refractivity contribution is 7.71. The fourth-order valence-electron chi connectivity index (χ4n) is 3.92. The number of aromatic amines is 1. The zero-order chi connectivity index (χ0) is 24.5. The van der Waals surface area contributed by atoms with Gasteiger partial charge in [0.05, 0.1) is 28.8 Å². The van der Waals surface area contributed by atoms with Crippen molar-refractivity contribution < 1.29 is 4.79 Å². The van der Waals surface area contributed by atoms with Gasteiger partial charge in [0.2, 0.25) is 0 Å². The van der Waals surface area contributed by atoms with E-state index in [1.54, 1.807) is 41.3 Å². The fraction of sp³-hybridized carbons (Fsp3) is 0.115. The van der Waals surface area contributed by atoms with E-state index < -0.39 is 0 Å². The number of hydrogen-bond acceptors (Lipinski definition) is 5. The number of aromatic nitrogens is 5. The molecule has 0 bridgehead atoms. The second-order valence-electron chi connectivity index (χ2n) is 8.22. The number of H-pyrrole nitrogens is 1. The Bertz CT molecular complexity index is 1680. The SMILES string of the molecule is Cc1cccc(-n2c(=S)[nH]c3cc(C(=O)Nc4ccn(Cc5ccccn5)n4)ccc3c2=O)c1C. The zero-order valence-electron chi connectivity index (χ0n) is 19.1. The summed E-state index contributed by atoms with van der Waals surface area (Å²) in [5, 5.41) is 7.62. The molecule has 5 rings (SSSR count). The van der Waals surface area contributed by atoms with Crippen LogP contribution in [-0.2, 0) is 6.54 Å². The van der Waals surface area contributed by atoms with Gasteiger partial charge in [0.25, 0.3) is 11.5 Å². The lowest BCUT2D eigenvalue weighted by atomic mass is 10.1. The molecule has 0 fully saturated rings. The summed E-state index contributed by atoms with van der Waals surface area (Å²) in [5.41, 5.74) is 4.29. The Labute approximate surface area is 205 Å². The second-order valence-corrected chi connectivity index (χ2v) is 8.61. The van der Waals surface area contributed by atoms with Gasteiger partial charge in [-0.3, -0.25) is 23.8 Å². The molecular weight excluding hydrogens is 460 g/mol. The van der Waals surface area contributed by atoms with E-state index in [2.05, 4.69) is 20.4 Å². The molecule has 8 nitrogen and oxygen atoms in total. The molecule has 0 atom stereocenters. The number of benzene rings is 2. The first-order valence-corrected chi connectivity index (χ1v) is 11.4. The Morgan fingerprint density at radius 3 is 2.74 bits per heavy atom. The Balaban J connectivity index is 1.42. The predicted molar refractivity (Wildman–Crippen MR) is 138 cm³/mol. The van der Waals surface area contributed by atoms with Crippen LogP contribution in [0.2, 0.25) is 0 Å². The molecule has 174 valence electrons. The average molecular weight is 483 g/mol. The molecule has 0 aliphatic heterocycles. The topological polar surface area (TPSA) is 97.6 Å². The van der Waals surface area contributed by atoms with Crippen molar-refractivity contribution in [1.29, 1.82) is 0 Å². The molecule has 1 amide bonds. The quantitative estimate of drug-likeness (QED) is 0.358. The van der Waals surface area contributed by atoms with Gasteiger partial charge in [0, 0.05) is 24.0 Å². The molecule has 35 heavy (non-hydrogen) atoms. The van der Waals surface area contributed by atoms with E-state index in [-0.39, 0.29) is 16.2 Å². The van der Waals surface area contributed by atoms with Gasteiger partial charge in [-0.15, -0.1) is 0 Å². The van der Waals surface area contributed by atoms with Gasteiger partial charge in [-0.1, -0.05) is 18.2 Å². The third-order valence-corrected chi connectivity index (χ3v) is 6.19. The summed E-state index contributed by atoms with van der Waals surface area (Å²) in [6.45, 7) is 4.45. The van der Waals surface area contributed by atoms with Crippen LogP contribution in [0.15, 0.2) is 77.9 Å². The molecule has 0 radical (unpaired) electrons. The Hall–Kier alpha value is -4.37. The highest BCUT2D eigenvalue weighted by Gasteiger charge is 2.14. The van der Waals surface area contributed by atoms with Crippen LogP contribution in [0.4, 0.5) is 5.82 Å². The van der Waals surface area contributed by atoms with Crippen LogP contribution in [0.1, 0.15) is 27.2 Å². The molecule has 0 aliphatic rings. The highest BCUT2D eigenvalue weighted by Crippen LogP contribution is 2.19. The summed E-state index contributed by atoms with van der Waals surface area (Å²) in [6, 6.07) is 18.0. The van der Waals surface area contributed by atoms with Crippen LogP contribution in [0.3, 0.4) is 0 Å². The maximum atomic E-state index is 13.3. The lowest BCUT2D eigenvalue weighted by Crippen LogP contribution is -2.22. The molecule has 0 unspecified atom stereocenters. The van der Waals surface area contributed by atoms with Crippen LogP contribution < -0.4 is 10.9 Å². The van der Waals surface area contributed by atoms with Gasteiger partial charge in [-0.25, -0.2) is 0 Å². The van der Waals surface area contributed by atoms with Gasteiger partial charge < -0.3 is 10.3 Å². The molecule has 2 N–H and O–H groups in total. The molecule has 0 saturated carbocycles. The van der Waals surface area contributed by atoms with Crippen LogP contribution in [0.25, 0.3) is 16.6 Å². The van der Waals surface area contributed by atoms with Gasteiger partial charge >= 0.3 is 0 Å². The predicted octanol–water partition coefficient (Wildman–Crippen LogP) is 4.56. The molecule has 5 aromatic rings. The number of pyridine rings is 1. The third-order valence-electron chi connectivity index (χ3n) is 5.91. The number of fused-ring (bicyclic) bond motifs is 1. The molecule has 9 heteroatoms. The third kappa shape index (κ3) is 4.41. The van der Waals surface area contributed by atoms with Gasteiger partial charge in [-0.2, -0.15) is 5.10 Å². The van der Waals surface area contributed by atoms with E-state index >= 15 is 0 Å². The van der Waals surface area contributed by atoms with Crippen molar-refractivity contribution in [2.75, 3.05) is 5.32 Å². The molecular formula is C26H22N6O2S. The summed E-state index contributed by atoms with van der Waals surface area (Å²) >= 11 is 5.51. The van der Waals surface area contributed by atoms with Crippen molar-refractivity contribution in [2.45, 2.75) is 20.4 Å². The summed E-state index contributed by atoms with van der Waals surface area (Å²) in [5.74, 6) is 0.0808. The maximum Gasteiger partial charge on any atom is 0.266 e.